The monoisotopic (exact) mass is 330 g/mol. The van der Waals surface area contributed by atoms with Crippen molar-refractivity contribution in [1.82, 2.24) is 9.97 Å². The van der Waals surface area contributed by atoms with E-state index in [4.69, 9.17) is 0 Å². The van der Waals surface area contributed by atoms with Crippen LogP contribution >= 0.6 is 0 Å². The number of nitrogens with one attached hydrogen (secondary N) is 1. The van der Waals surface area contributed by atoms with E-state index >= 15 is 0 Å². The quantitative estimate of drug-likeness (QED) is 0.795. The maximum Gasteiger partial charge on any atom is 0.261 e. The van der Waals surface area contributed by atoms with Gasteiger partial charge >= 0.3 is 0 Å². The molecule has 5 nitrogen and oxygen atoms in total. The normalized spacial score (nSPS) is 12.8. The highest BCUT2D eigenvalue weighted by Gasteiger charge is 2.25. The van der Waals surface area contributed by atoms with Crippen LogP contribution < -0.4 is 10.2 Å². The summed E-state index contributed by atoms with van der Waals surface area (Å²) in [6.45, 7) is 2.73. The van der Waals surface area contributed by atoms with Crippen LogP contribution in [0.4, 0.5) is 17.3 Å². The fourth-order valence-corrected chi connectivity index (χ4v) is 2.97. The lowest BCUT2D eigenvalue weighted by molar-refractivity contribution is 0.0988. The summed E-state index contributed by atoms with van der Waals surface area (Å²) in [5.41, 5.74) is 4.78. The van der Waals surface area contributed by atoms with E-state index in [1.807, 2.05) is 49.4 Å². The minimum absolute atomic E-state index is 0.0631. The van der Waals surface area contributed by atoms with Gasteiger partial charge in [0.05, 0.1) is 5.56 Å². The van der Waals surface area contributed by atoms with Gasteiger partial charge in [-0.3, -0.25) is 4.79 Å². The van der Waals surface area contributed by atoms with Crippen LogP contribution in [0.2, 0.25) is 0 Å². The van der Waals surface area contributed by atoms with E-state index in [0.29, 0.717) is 18.1 Å². The molecule has 0 radical (unpaired) electrons. The van der Waals surface area contributed by atoms with Crippen molar-refractivity contribution in [3.8, 4) is 0 Å². The molecule has 3 aromatic rings. The smallest absolute Gasteiger partial charge is 0.261 e. The number of hydrogen-bond acceptors (Lipinski definition) is 4. The van der Waals surface area contributed by atoms with Crippen molar-refractivity contribution >= 4 is 23.2 Å². The Labute approximate surface area is 146 Å². The molecule has 0 atom stereocenters. The predicted octanol–water partition coefficient (Wildman–Crippen LogP) is 3.73. The molecular weight excluding hydrogens is 312 g/mol. The van der Waals surface area contributed by atoms with E-state index in [1.54, 1.807) is 17.3 Å². The van der Waals surface area contributed by atoms with Gasteiger partial charge < -0.3 is 10.2 Å². The Kier molecular flexibility index (Phi) is 3.90. The number of hydrogen-bond donors (Lipinski definition) is 1. The third-order valence-corrected chi connectivity index (χ3v) is 4.34. The molecule has 1 aromatic heterocycles. The second-order valence-electron chi connectivity index (χ2n) is 6.12. The molecule has 0 saturated carbocycles. The molecule has 4 rings (SSSR count). The van der Waals surface area contributed by atoms with Gasteiger partial charge in [-0.15, -0.1) is 0 Å². The van der Waals surface area contributed by atoms with Crippen LogP contribution in [0.25, 0.3) is 0 Å². The van der Waals surface area contributed by atoms with E-state index in [9.17, 15) is 4.79 Å². The van der Waals surface area contributed by atoms with E-state index in [-0.39, 0.29) is 5.91 Å². The van der Waals surface area contributed by atoms with Crippen molar-refractivity contribution in [2.75, 3.05) is 16.8 Å². The van der Waals surface area contributed by atoms with Crippen molar-refractivity contribution in [2.45, 2.75) is 13.3 Å². The van der Waals surface area contributed by atoms with Crippen LogP contribution in [0, 0.1) is 6.92 Å². The Morgan fingerprint density at radius 1 is 1.04 bits per heavy atom. The number of anilines is 3. The predicted molar refractivity (Wildman–Crippen MR) is 98.3 cm³/mol. The number of carbonyl (C=O) groups excluding carboxylic acids is 1. The van der Waals surface area contributed by atoms with Gasteiger partial charge in [-0.25, -0.2) is 9.97 Å². The molecule has 1 N–H and O–H groups in total. The van der Waals surface area contributed by atoms with E-state index < -0.39 is 0 Å². The lowest BCUT2D eigenvalue weighted by atomic mass is 10.2. The van der Waals surface area contributed by atoms with E-state index in [0.717, 1.165) is 17.8 Å². The summed E-state index contributed by atoms with van der Waals surface area (Å²) in [6, 6.07) is 16.0. The first-order valence-corrected chi connectivity index (χ1v) is 8.26. The van der Waals surface area contributed by atoms with Crippen LogP contribution in [-0.4, -0.2) is 22.4 Å². The molecule has 0 unspecified atom stereocenters. The average Bonchev–Trinajstić information content (AvgIpc) is 3.08. The summed E-state index contributed by atoms with van der Waals surface area (Å²) in [7, 11) is 0. The van der Waals surface area contributed by atoms with E-state index in [2.05, 4.69) is 21.4 Å². The van der Waals surface area contributed by atoms with Crippen LogP contribution in [0.3, 0.4) is 0 Å². The fourth-order valence-electron chi connectivity index (χ4n) is 2.97. The lowest BCUT2D eigenvalue weighted by Crippen LogP contribution is -2.29. The highest BCUT2D eigenvalue weighted by molar-refractivity contribution is 6.07. The molecule has 2 aromatic carbocycles. The van der Waals surface area contributed by atoms with Gasteiger partial charge in [-0.1, -0.05) is 35.9 Å². The molecule has 2 heterocycles. The lowest BCUT2D eigenvalue weighted by Gasteiger charge is -2.17. The third kappa shape index (κ3) is 3.08. The SMILES string of the molecule is Cc1ccc(Nc2ncc(C(=O)N3CCc4ccccc43)cn2)cc1. The highest BCUT2D eigenvalue weighted by Crippen LogP contribution is 2.28. The number of amides is 1. The Balaban J connectivity index is 1.50. The maximum atomic E-state index is 12.7. The van der Waals surface area contributed by atoms with Gasteiger partial charge in [0.2, 0.25) is 5.95 Å². The van der Waals surface area contributed by atoms with Crippen molar-refractivity contribution < 1.29 is 4.79 Å². The number of para-hydroxylation sites is 1. The maximum absolute atomic E-state index is 12.7. The van der Waals surface area contributed by atoms with Gasteiger partial charge in [0.25, 0.3) is 5.91 Å². The Morgan fingerprint density at radius 3 is 2.52 bits per heavy atom. The molecule has 5 heteroatoms. The number of carbonyl (C=O) groups is 1. The zero-order valence-electron chi connectivity index (χ0n) is 13.9. The fraction of sp³-hybridized carbons (Fsp3) is 0.150. The van der Waals surface area contributed by atoms with Gasteiger partial charge in [0.15, 0.2) is 0 Å². The minimum atomic E-state index is -0.0631. The van der Waals surface area contributed by atoms with Gasteiger partial charge in [-0.05, 0) is 37.1 Å². The molecule has 1 aliphatic rings. The summed E-state index contributed by atoms with van der Waals surface area (Å²) >= 11 is 0. The number of fused-ring (bicyclic) bond motifs is 1. The summed E-state index contributed by atoms with van der Waals surface area (Å²) in [6.07, 6.45) is 4.04. The largest absolute Gasteiger partial charge is 0.324 e. The summed E-state index contributed by atoms with van der Waals surface area (Å²) in [5.74, 6) is 0.411. The number of nitrogens with zero attached hydrogens (tertiary/aromatic N) is 3. The van der Waals surface area contributed by atoms with Crippen LogP contribution in [0.5, 0.6) is 0 Å². The Morgan fingerprint density at radius 2 is 1.76 bits per heavy atom. The first-order valence-electron chi connectivity index (χ1n) is 8.26. The second kappa shape index (κ2) is 6.36. The molecule has 0 fully saturated rings. The first kappa shape index (κ1) is 15.3. The minimum Gasteiger partial charge on any atom is -0.324 e. The molecule has 1 amide bonds. The number of rotatable bonds is 3. The van der Waals surface area contributed by atoms with Crippen molar-refractivity contribution in [3.05, 3.63) is 77.6 Å². The van der Waals surface area contributed by atoms with Crippen molar-refractivity contribution in [3.63, 3.8) is 0 Å². The zero-order chi connectivity index (χ0) is 17.2. The van der Waals surface area contributed by atoms with E-state index in [1.165, 1.54) is 11.1 Å². The van der Waals surface area contributed by atoms with Crippen LogP contribution in [-0.2, 0) is 6.42 Å². The zero-order valence-corrected chi connectivity index (χ0v) is 13.9. The van der Waals surface area contributed by atoms with Gasteiger partial charge in [0.1, 0.15) is 0 Å². The van der Waals surface area contributed by atoms with Crippen LogP contribution in [0.1, 0.15) is 21.5 Å². The molecule has 0 aliphatic carbocycles. The van der Waals surface area contributed by atoms with Crippen molar-refractivity contribution in [2.24, 2.45) is 0 Å². The molecular formula is C20H18N4O. The number of aryl methyl sites for hydroxylation is 1. The summed E-state index contributed by atoms with van der Waals surface area (Å²) < 4.78 is 0. The van der Waals surface area contributed by atoms with Gasteiger partial charge in [-0.2, -0.15) is 0 Å². The highest BCUT2D eigenvalue weighted by atomic mass is 16.2. The molecule has 25 heavy (non-hydrogen) atoms. The second-order valence-corrected chi connectivity index (χ2v) is 6.12. The van der Waals surface area contributed by atoms with Gasteiger partial charge in [0, 0.05) is 30.3 Å². The standard InChI is InChI=1S/C20H18N4O/c1-14-6-8-17(9-7-14)23-20-21-12-16(13-22-20)19(25)24-11-10-15-4-2-3-5-18(15)24/h2-9,12-13H,10-11H2,1H3,(H,21,22,23). The van der Waals surface area contributed by atoms with Crippen LogP contribution in [0.15, 0.2) is 60.9 Å². The molecule has 1 aliphatic heterocycles. The average molecular weight is 330 g/mol. The topological polar surface area (TPSA) is 58.1 Å². The Hall–Kier alpha value is -3.21. The summed E-state index contributed by atoms with van der Waals surface area (Å²) in [5, 5.41) is 3.14. The Bertz CT molecular complexity index is 904. The summed E-state index contributed by atoms with van der Waals surface area (Å²) in [4.78, 5) is 23.1. The third-order valence-electron chi connectivity index (χ3n) is 4.34. The van der Waals surface area contributed by atoms with Crippen molar-refractivity contribution in [1.29, 1.82) is 0 Å². The molecule has 124 valence electrons. The number of benzene rings is 2. The first-order chi connectivity index (χ1) is 12.2. The number of aromatic nitrogens is 2. The molecule has 0 saturated heterocycles. The molecule has 0 bridgehead atoms. The molecule has 0 spiro atoms.